The minimum atomic E-state index is -5.13. The monoisotopic (exact) mass is 502 g/mol. The second-order valence-electron chi connectivity index (χ2n) is 3.81. The van der Waals surface area contributed by atoms with E-state index in [2.05, 4.69) is 20.7 Å². The summed E-state index contributed by atoms with van der Waals surface area (Å²) in [6, 6.07) is 4.30. The molecule has 21 heavy (non-hydrogen) atoms. The third kappa shape index (κ3) is 6.08. The van der Waals surface area contributed by atoms with Crippen LogP contribution in [0.2, 0.25) is 0 Å². The third-order valence-electron chi connectivity index (χ3n) is 2.12. The van der Waals surface area contributed by atoms with Crippen molar-refractivity contribution in [3.8, 4) is 0 Å². The van der Waals surface area contributed by atoms with Gasteiger partial charge in [-0.05, 0) is 56.7 Å². The summed E-state index contributed by atoms with van der Waals surface area (Å²) in [5.41, 5.74) is -0.188. The molecule has 0 aliphatic rings. The lowest BCUT2D eigenvalue weighted by Crippen LogP contribution is -2.39. The molecule has 0 aliphatic carbocycles. The van der Waals surface area contributed by atoms with Gasteiger partial charge in [0.05, 0.1) is 5.56 Å². The normalized spacial score (nSPS) is 13.8. The molecular weight excluding hydrogens is 496 g/mol. The van der Waals surface area contributed by atoms with Crippen molar-refractivity contribution >= 4 is 54.6 Å². The number of hydrogen-bond acceptors (Lipinski definition) is 4. The Hall–Kier alpha value is -0.400. The molecule has 1 unspecified atom stereocenters. The molecule has 5 nitrogen and oxygen atoms in total. The van der Waals surface area contributed by atoms with Gasteiger partial charge < -0.3 is 4.74 Å². The van der Waals surface area contributed by atoms with Crippen molar-refractivity contribution in [2.75, 3.05) is 5.75 Å². The average Bonchev–Trinajstić information content (AvgIpc) is 2.28. The Bertz CT molecular complexity index is 647. The third-order valence-corrected chi connectivity index (χ3v) is 4.21. The Labute approximate surface area is 139 Å². The van der Waals surface area contributed by atoms with Crippen molar-refractivity contribution in [2.45, 2.75) is 12.3 Å². The molecule has 1 rings (SSSR count). The van der Waals surface area contributed by atoms with Crippen LogP contribution in [0.25, 0.3) is 0 Å². The first-order chi connectivity index (χ1) is 9.40. The molecule has 0 aromatic heterocycles. The summed E-state index contributed by atoms with van der Waals surface area (Å²) in [6.45, 7) is 0. The van der Waals surface area contributed by atoms with Crippen molar-refractivity contribution in [2.24, 2.45) is 0 Å². The van der Waals surface area contributed by atoms with Crippen LogP contribution in [0.15, 0.2) is 22.7 Å². The zero-order valence-corrected chi connectivity index (χ0v) is 14.5. The zero-order valence-electron chi connectivity index (χ0n) is 9.89. The molecule has 1 atom stereocenters. The minimum Gasteiger partial charge on any atom is -0.448 e. The van der Waals surface area contributed by atoms with Gasteiger partial charge in [0.15, 0.2) is 0 Å². The van der Waals surface area contributed by atoms with E-state index in [0.29, 0.717) is 3.57 Å². The Morgan fingerprint density at radius 2 is 2.00 bits per heavy atom. The van der Waals surface area contributed by atoms with Gasteiger partial charge in [-0.1, -0.05) is 0 Å². The predicted octanol–water partition coefficient (Wildman–Crippen LogP) is 3.03. The van der Waals surface area contributed by atoms with Crippen molar-refractivity contribution in [3.05, 3.63) is 31.8 Å². The number of carbonyl (C=O) groups is 1. The van der Waals surface area contributed by atoms with E-state index < -0.39 is 34.1 Å². The van der Waals surface area contributed by atoms with Crippen molar-refractivity contribution in [3.63, 3.8) is 0 Å². The highest BCUT2D eigenvalue weighted by Crippen LogP contribution is 2.27. The Morgan fingerprint density at radius 1 is 1.43 bits per heavy atom. The molecule has 1 N–H and O–H groups in total. The molecule has 118 valence electrons. The summed E-state index contributed by atoms with van der Waals surface area (Å²) in [4.78, 5) is 11.7. The van der Waals surface area contributed by atoms with E-state index in [1.54, 1.807) is 6.07 Å². The lowest BCUT2D eigenvalue weighted by molar-refractivity contribution is -0.197. The van der Waals surface area contributed by atoms with Crippen molar-refractivity contribution in [1.29, 1.82) is 0 Å². The van der Waals surface area contributed by atoms with E-state index in [4.69, 9.17) is 4.55 Å². The Kier molecular flexibility index (Phi) is 6.03. The number of hydrogen-bond donors (Lipinski definition) is 1. The van der Waals surface area contributed by atoms with E-state index >= 15 is 0 Å². The van der Waals surface area contributed by atoms with Crippen molar-refractivity contribution in [1.82, 2.24) is 0 Å². The standard InChI is InChI=1S/C10H7BrF3IO5S/c11-7-2-1-5(15)3-6(7)9(16)20-8(10(12,13)14)4-21(17,18)19/h1-3,8H,4H2,(H,17,18,19). The number of esters is 1. The first kappa shape index (κ1) is 18.6. The molecule has 0 aliphatic heterocycles. The van der Waals surface area contributed by atoms with E-state index in [9.17, 15) is 26.4 Å². The fraction of sp³-hybridized carbons (Fsp3) is 0.300. The van der Waals surface area contributed by atoms with Crippen LogP contribution in [0, 0.1) is 3.57 Å². The Balaban J connectivity index is 3.03. The lowest BCUT2D eigenvalue weighted by atomic mass is 10.2. The smallest absolute Gasteiger partial charge is 0.426 e. The fourth-order valence-corrected chi connectivity index (χ4v) is 2.77. The predicted molar refractivity (Wildman–Crippen MR) is 78.5 cm³/mol. The van der Waals surface area contributed by atoms with Gasteiger partial charge >= 0.3 is 12.1 Å². The summed E-state index contributed by atoms with van der Waals surface area (Å²) >= 11 is 4.82. The molecule has 1 aromatic carbocycles. The quantitative estimate of drug-likeness (QED) is 0.389. The number of rotatable bonds is 4. The minimum absolute atomic E-state index is 0.188. The first-order valence-corrected chi connectivity index (χ1v) is 8.56. The molecule has 0 radical (unpaired) electrons. The number of alkyl halides is 3. The maximum absolute atomic E-state index is 12.6. The van der Waals surface area contributed by atoms with Crippen LogP contribution in [-0.4, -0.2) is 37.0 Å². The average molecular weight is 503 g/mol. The lowest BCUT2D eigenvalue weighted by Gasteiger charge is -2.19. The highest BCUT2D eigenvalue weighted by molar-refractivity contribution is 14.1. The Morgan fingerprint density at radius 3 is 2.48 bits per heavy atom. The van der Waals surface area contributed by atoms with Crippen LogP contribution in [0.3, 0.4) is 0 Å². The van der Waals surface area contributed by atoms with Gasteiger partial charge in [0, 0.05) is 8.04 Å². The molecule has 0 fully saturated rings. The zero-order chi connectivity index (χ0) is 16.4. The maximum Gasteiger partial charge on any atom is 0.426 e. The van der Waals surface area contributed by atoms with Crippen LogP contribution in [0.4, 0.5) is 13.2 Å². The van der Waals surface area contributed by atoms with Crippen molar-refractivity contribution < 1.29 is 35.7 Å². The molecular formula is C10H7BrF3IO5S. The SMILES string of the molecule is O=C(OC(CS(=O)(=O)O)C(F)(F)F)c1cc(I)ccc1Br. The van der Waals surface area contributed by atoms with E-state index in [1.165, 1.54) is 12.1 Å². The van der Waals surface area contributed by atoms with Crippen LogP contribution in [-0.2, 0) is 14.9 Å². The van der Waals surface area contributed by atoms with Crippen LogP contribution in [0.1, 0.15) is 10.4 Å². The maximum atomic E-state index is 12.6. The molecule has 11 heteroatoms. The molecule has 0 saturated carbocycles. The molecule has 0 bridgehead atoms. The molecule has 0 amide bonds. The number of ether oxygens (including phenoxy) is 1. The van der Waals surface area contributed by atoms with Gasteiger partial charge in [0.2, 0.25) is 6.10 Å². The number of benzene rings is 1. The molecule has 0 spiro atoms. The summed E-state index contributed by atoms with van der Waals surface area (Å²) in [5.74, 6) is -3.12. The summed E-state index contributed by atoms with van der Waals surface area (Å²) < 4.78 is 72.5. The molecule has 0 heterocycles. The first-order valence-electron chi connectivity index (χ1n) is 5.08. The topological polar surface area (TPSA) is 80.7 Å². The number of carbonyl (C=O) groups excluding carboxylic acids is 1. The van der Waals surface area contributed by atoms with Gasteiger partial charge in [0.25, 0.3) is 10.1 Å². The largest absolute Gasteiger partial charge is 0.448 e. The van der Waals surface area contributed by atoms with E-state index in [-0.39, 0.29) is 10.0 Å². The summed E-state index contributed by atoms with van der Waals surface area (Å²) in [5, 5.41) is 0. The fourth-order valence-electron chi connectivity index (χ4n) is 1.23. The van der Waals surface area contributed by atoms with Gasteiger partial charge in [-0.15, -0.1) is 0 Å². The van der Waals surface area contributed by atoms with Gasteiger partial charge in [-0.3, -0.25) is 4.55 Å². The molecule has 0 saturated heterocycles. The van der Waals surface area contributed by atoms with Crippen LogP contribution >= 0.6 is 38.5 Å². The summed E-state index contributed by atoms with van der Waals surface area (Å²) in [6.07, 6.45) is -8.08. The highest BCUT2D eigenvalue weighted by atomic mass is 127. The van der Waals surface area contributed by atoms with Gasteiger partial charge in [-0.2, -0.15) is 21.6 Å². The molecule has 1 aromatic rings. The number of halogens is 5. The van der Waals surface area contributed by atoms with Crippen LogP contribution < -0.4 is 0 Å². The summed E-state index contributed by atoms with van der Waals surface area (Å²) in [7, 11) is -4.96. The second-order valence-corrected chi connectivity index (χ2v) is 7.41. The van der Waals surface area contributed by atoms with Gasteiger partial charge in [-0.25, -0.2) is 4.79 Å². The van der Waals surface area contributed by atoms with Gasteiger partial charge in [0.1, 0.15) is 5.75 Å². The second kappa shape index (κ2) is 6.79. The van der Waals surface area contributed by atoms with Crippen LogP contribution in [0.5, 0.6) is 0 Å². The highest BCUT2D eigenvalue weighted by Gasteiger charge is 2.45. The van der Waals surface area contributed by atoms with E-state index in [1.807, 2.05) is 22.6 Å². The van der Waals surface area contributed by atoms with E-state index in [0.717, 1.165) is 0 Å².